The van der Waals surface area contributed by atoms with Gasteiger partial charge in [-0.1, -0.05) is 19.3 Å². The fraction of sp³-hybridized carbons (Fsp3) is 0.857. The maximum absolute atomic E-state index is 12.6. The Labute approximate surface area is 109 Å². The molecule has 0 saturated heterocycles. The third kappa shape index (κ3) is 3.23. The molecule has 0 aromatic carbocycles. The highest BCUT2D eigenvalue weighted by Gasteiger charge is 2.37. The molecule has 0 heterocycles. The van der Waals surface area contributed by atoms with Gasteiger partial charge in [-0.15, -0.1) is 0 Å². The fourth-order valence-electron chi connectivity index (χ4n) is 2.89. The van der Waals surface area contributed by atoms with E-state index in [4.69, 9.17) is 11.0 Å². The first-order valence-corrected chi connectivity index (χ1v) is 7.17. The van der Waals surface area contributed by atoms with Crippen LogP contribution in [0.2, 0.25) is 0 Å². The zero-order valence-corrected chi connectivity index (χ0v) is 11.0. The van der Waals surface area contributed by atoms with Crippen molar-refractivity contribution in [3.8, 4) is 6.07 Å². The predicted octanol–water partition coefficient (Wildman–Crippen LogP) is 1.80. The van der Waals surface area contributed by atoms with Gasteiger partial charge in [0.15, 0.2) is 0 Å². The number of nitrogens with two attached hydrogens (primary N) is 1. The fourth-order valence-corrected chi connectivity index (χ4v) is 2.89. The molecule has 0 radical (unpaired) electrons. The normalized spacial score (nSPS) is 28.2. The Balaban J connectivity index is 1.99. The molecule has 0 aliphatic heterocycles. The first-order valence-electron chi connectivity index (χ1n) is 7.17. The standard InChI is InChI=1S/C14H23N3O/c15-9-4-10-17(11-7-8-11)14(18)12-5-2-1-3-6-13(12)16/h11-13H,1-8,10,16H2. The number of nitrogens with zero attached hydrogens (tertiary/aromatic N) is 2. The summed E-state index contributed by atoms with van der Waals surface area (Å²) in [6.07, 6.45) is 7.97. The molecule has 0 bridgehead atoms. The van der Waals surface area contributed by atoms with Gasteiger partial charge in [-0.3, -0.25) is 4.79 Å². The zero-order valence-electron chi connectivity index (χ0n) is 11.0. The lowest BCUT2D eigenvalue weighted by molar-refractivity contribution is -0.137. The van der Waals surface area contributed by atoms with Gasteiger partial charge in [0.05, 0.1) is 18.4 Å². The van der Waals surface area contributed by atoms with E-state index in [0.717, 1.165) is 38.5 Å². The molecular weight excluding hydrogens is 226 g/mol. The number of hydrogen-bond acceptors (Lipinski definition) is 3. The van der Waals surface area contributed by atoms with E-state index in [1.54, 1.807) is 0 Å². The lowest BCUT2D eigenvalue weighted by Crippen LogP contribution is -2.45. The summed E-state index contributed by atoms with van der Waals surface area (Å²) >= 11 is 0. The van der Waals surface area contributed by atoms with Gasteiger partial charge >= 0.3 is 0 Å². The van der Waals surface area contributed by atoms with Crippen molar-refractivity contribution < 1.29 is 4.79 Å². The van der Waals surface area contributed by atoms with E-state index >= 15 is 0 Å². The average molecular weight is 249 g/mol. The lowest BCUT2D eigenvalue weighted by atomic mass is 9.94. The molecule has 2 atom stereocenters. The summed E-state index contributed by atoms with van der Waals surface area (Å²) in [7, 11) is 0. The van der Waals surface area contributed by atoms with Crippen molar-refractivity contribution in [3.63, 3.8) is 0 Å². The highest BCUT2D eigenvalue weighted by molar-refractivity contribution is 5.80. The SMILES string of the molecule is N#CCCN(C(=O)C1CCCCCC1N)C1CC1. The van der Waals surface area contributed by atoms with Crippen LogP contribution in [0, 0.1) is 17.2 Å². The van der Waals surface area contributed by atoms with Crippen LogP contribution < -0.4 is 5.73 Å². The minimum Gasteiger partial charge on any atom is -0.338 e. The number of carbonyl (C=O) groups is 1. The van der Waals surface area contributed by atoms with E-state index in [2.05, 4.69) is 6.07 Å². The summed E-state index contributed by atoms with van der Waals surface area (Å²) in [5.74, 6) is 0.203. The van der Waals surface area contributed by atoms with Gasteiger partial charge in [0.2, 0.25) is 5.91 Å². The van der Waals surface area contributed by atoms with Gasteiger partial charge in [0.25, 0.3) is 0 Å². The summed E-state index contributed by atoms with van der Waals surface area (Å²) in [5.41, 5.74) is 6.15. The van der Waals surface area contributed by atoms with Crippen LogP contribution in [0.3, 0.4) is 0 Å². The second-order valence-electron chi connectivity index (χ2n) is 5.58. The van der Waals surface area contributed by atoms with Crippen LogP contribution in [0.1, 0.15) is 51.4 Å². The largest absolute Gasteiger partial charge is 0.338 e. The Bertz CT molecular complexity index is 332. The van der Waals surface area contributed by atoms with E-state index in [1.165, 1.54) is 6.42 Å². The molecule has 2 fully saturated rings. The smallest absolute Gasteiger partial charge is 0.227 e. The monoisotopic (exact) mass is 249 g/mol. The molecule has 2 N–H and O–H groups in total. The van der Waals surface area contributed by atoms with Crippen LogP contribution in [0.4, 0.5) is 0 Å². The minimum absolute atomic E-state index is 0.00760. The molecule has 1 amide bonds. The summed E-state index contributed by atoms with van der Waals surface area (Å²) in [4.78, 5) is 14.5. The molecular formula is C14H23N3O. The minimum atomic E-state index is -0.00760. The number of rotatable bonds is 4. The third-order valence-corrected chi connectivity index (χ3v) is 4.12. The molecule has 18 heavy (non-hydrogen) atoms. The first-order chi connectivity index (χ1) is 8.74. The highest BCUT2D eigenvalue weighted by Crippen LogP contribution is 2.31. The summed E-state index contributed by atoms with van der Waals surface area (Å²) in [6.45, 7) is 0.587. The van der Waals surface area contributed by atoms with Crippen LogP contribution >= 0.6 is 0 Å². The molecule has 2 saturated carbocycles. The highest BCUT2D eigenvalue weighted by atomic mass is 16.2. The van der Waals surface area contributed by atoms with Crippen molar-refractivity contribution in [2.24, 2.45) is 11.7 Å². The van der Waals surface area contributed by atoms with Crippen molar-refractivity contribution in [1.82, 2.24) is 4.90 Å². The van der Waals surface area contributed by atoms with Crippen LogP contribution in [0.25, 0.3) is 0 Å². The number of amides is 1. The molecule has 2 rings (SSSR count). The quantitative estimate of drug-likeness (QED) is 0.772. The molecule has 4 heteroatoms. The molecule has 0 aromatic rings. The van der Waals surface area contributed by atoms with Gasteiger partial charge in [0.1, 0.15) is 0 Å². The zero-order chi connectivity index (χ0) is 13.0. The molecule has 0 aromatic heterocycles. The number of carbonyl (C=O) groups excluding carboxylic acids is 1. The first kappa shape index (κ1) is 13.4. The second kappa shape index (κ2) is 6.19. The lowest BCUT2D eigenvalue weighted by Gasteiger charge is -2.29. The van der Waals surface area contributed by atoms with Crippen molar-refractivity contribution in [1.29, 1.82) is 5.26 Å². The van der Waals surface area contributed by atoms with Gasteiger partial charge in [0, 0.05) is 18.6 Å². The molecule has 2 unspecified atom stereocenters. The predicted molar refractivity (Wildman–Crippen MR) is 69.5 cm³/mol. The Morgan fingerprint density at radius 2 is 1.94 bits per heavy atom. The third-order valence-electron chi connectivity index (χ3n) is 4.12. The van der Waals surface area contributed by atoms with E-state index < -0.39 is 0 Å². The van der Waals surface area contributed by atoms with Gasteiger partial charge in [-0.05, 0) is 25.7 Å². The second-order valence-corrected chi connectivity index (χ2v) is 5.58. The molecule has 0 spiro atoms. The van der Waals surface area contributed by atoms with Crippen LogP contribution in [-0.4, -0.2) is 29.4 Å². The Morgan fingerprint density at radius 3 is 2.61 bits per heavy atom. The molecule has 2 aliphatic rings. The number of hydrogen-bond donors (Lipinski definition) is 1. The number of nitriles is 1. The van der Waals surface area contributed by atoms with E-state index in [0.29, 0.717) is 19.0 Å². The molecule has 100 valence electrons. The van der Waals surface area contributed by atoms with Crippen LogP contribution in [-0.2, 0) is 4.79 Å². The van der Waals surface area contributed by atoms with E-state index in [9.17, 15) is 4.79 Å². The maximum Gasteiger partial charge on any atom is 0.227 e. The van der Waals surface area contributed by atoms with Crippen molar-refractivity contribution in [2.45, 2.75) is 63.5 Å². The summed E-state index contributed by atoms with van der Waals surface area (Å²) in [6, 6.07) is 2.54. The average Bonchev–Trinajstić information content (AvgIpc) is 3.17. The maximum atomic E-state index is 12.6. The van der Waals surface area contributed by atoms with Gasteiger partial charge in [-0.2, -0.15) is 5.26 Å². The Morgan fingerprint density at radius 1 is 1.22 bits per heavy atom. The van der Waals surface area contributed by atoms with E-state index in [1.807, 2.05) is 4.90 Å². The summed E-state index contributed by atoms with van der Waals surface area (Å²) in [5, 5.41) is 8.69. The molecule has 2 aliphatic carbocycles. The van der Waals surface area contributed by atoms with Crippen LogP contribution in [0.15, 0.2) is 0 Å². The Kier molecular flexibility index (Phi) is 4.60. The van der Waals surface area contributed by atoms with Crippen molar-refractivity contribution in [3.05, 3.63) is 0 Å². The summed E-state index contributed by atoms with van der Waals surface area (Å²) < 4.78 is 0. The molecule has 4 nitrogen and oxygen atoms in total. The Hall–Kier alpha value is -1.08. The van der Waals surface area contributed by atoms with Crippen LogP contribution in [0.5, 0.6) is 0 Å². The van der Waals surface area contributed by atoms with Crippen molar-refractivity contribution in [2.75, 3.05) is 6.54 Å². The van der Waals surface area contributed by atoms with Gasteiger partial charge < -0.3 is 10.6 Å². The van der Waals surface area contributed by atoms with E-state index in [-0.39, 0.29) is 17.9 Å². The van der Waals surface area contributed by atoms with Crippen molar-refractivity contribution >= 4 is 5.91 Å². The topological polar surface area (TPSA) is 70.1 Å². The van der Waals surface area contributed by atoms with Gasteiger partial charge in [-0.25, -0.2) is 0 Å².